The van der Waals surface area contributed by atoms with Crippen LogP contribution in [0.1, 0.15) is 144 Å². The molecule has 0 aromatic rings. The highest BCUT2D eigenvalue weighted by atomic mass is 32.2. The lowest BCUT2D eigenvalue weighted by Gasteiger charge is -2.17. The molecular weight excluding hydrogens is 568 g/mol. The van der Waals surface area contributed by atoms with E-state index in [9.17, 15) is 14.4 Å². The van der Waals surface area contributed by atoms with E-state index in [1.807, 2.05) is 11.8 Å². The zero-order chi connectivity index (χ0) is 33.0. The number of amides is 3. The molecule has 260 valence electrons. The molecule has 0 aliphatic carbocycles. The first-order valence-corrected chi connectivity index (χ1v) is 19.4. The number of carbonyl (C=O) groups is 3. The monoisotopic (exact) mass is 641 g/mol. The van der Waals surface area contributed by atoms with E-state index in [2.05, 4.69) is 69.1 Å². The highest BCUT2D eigenvalue weighted by molar-refractivity contribution is 7.98. The topological polar surface area (TPSA) is 99.3 Å². The van der Waals surface area contributed by atoms with Gasteiger partial charge in [0.2, 0.25) is 17.7 Å². The number of hydrogen-bond acceptors (Lipinski definition) is 5. The fourth-order valence-corrected chi connectivity index (χ4v) is 5.63. The van der Waals surface area contributed by atoms with Crippen molar-refractivity contribution in [2.75, 3.05) is 38.2 Å². The normalized spacial score (nSPS) is 14.2. The van der Waals surface area contributed by atoms with Crippen LogP contribution in [0.5, 0.6) is 0 Å². The molecule has 0 aromatic carbocycles. The molecule has 0 saturated carbocycles. The van der Waals surface area contributed by atoms with Crippen molar-refractivity contribution in [3.63, 3.8) is 0 Å². The minimum Gasteiger partial charge on any atom is -0.356 e. The number of hydrogen-bond donors (Lipinski definition) is 4. The Morgan fingerprint density at radius 2 is 1.00 bits per heavy atom. The summed E-state index contributed by atoms with van der Waals surface area (Å²) in [5.74, 6) is 3.92. The van der Waals surface area contributed by atoms with Gasteiger partial charge in [0, 0.05) is 44.9 Å². The molecule has 0 aromatic heterocycles. The molecule has 0 saturated heterocycles. The maximum Gasteiger partial charge on any atom is 0.220 e. The molecule has 44 heavy (non-hydrogen) atoms. The molecule has 0 fully saturated rings. The largest absolute Gasteiger partial charge is 0.356 e. The summed E-state index contributed by atoms with van der Waals surface area (Å²) in [6, 6.07) is 0.448. The number of carbonyl (C=O) groups excluding carboxylic acids is 3. The Bertz CT molecular complexity index is 721. The van der Waals surface area contributed by atoms with Gasteiger partial charge in [0.15, 0.2) is 0 Å². The molecule has 0 aliphatic rings. The summed E-state index contributed by atoms with van der Waals surface area (Å²) in [7, 11) is 0. The Kier molecular flexibility index (Phi) is 28.3. The fraction of sp³-hybridized carbons (Fsp3) is 0.917. The summed E-state index contributed by atoms with van der Waals surface area (Å²) in [4.78, 5) is 36.1. The second-order valence-electron chi connectivity index (χ2n) is 14.0. The van der Waals surface area contributed by atoms with Crippen molar-refractivity contribution >= 4 is 29.5 Å². The summed E-state index contributed by atoms with van der Waals surface area (Å²) < 4.78 is 0. The van der Waals surface area contributed by atoms with Crippen molar-refractivity contribution in [1.29, 1.82) is 0 Å². The predicted molar refractivity (Wildman–Crippen MR) is 191 cm³/mol. The number of thioether (sulfide) groups is 1. The molecule has 0 bridgehead atoms. The Labute approximate surface area is 276 Å². The van der Waals surface area contributed by atoms with E-state index in [0.29, 0.717) is 49.0 Å². The molecule has 4 N–H and O–H groups in total. The third-order valence-corrected chi connectivity index (χ3v) is 9.12. The lowest BCUT2D eigenvalue weighted by molar-refractivity contribution is -0.122. The van der Waals surface area contributed by atoms with Crippen LogP contribution in [-0.4, -0.2) is 62.0 Å². The van der Waals surface area contributed by atoms with Gasteiger partial charge in [0.05, 0.1) is 0 Å². The van der Waals surface area contributed by atoms with E-state index >= 15 is 0 Å². The zero-order valence-corrected chi connectivity index (χ0v) is 30.7. The minimum absolute atomic E-state index is 0.163. The van der Waals surface area contributed by atoms with E-state index in [4.69, 9.17) is 0 Å². The third-order valence-electron chi connectivity index (χ3n) is 8.42. The van der Waals surface area contributed by atoms with Crippen LogP contribution in [-0.2, 0) is 14.4 Å². The van der Waals surface area contributed by atoms with E-state index in [0.717, 1.165) is 84.0 Å². The van der Waals surface area contributed by atoms with Crippen molar-refractivity contribution in [3.05, 3.63) is 0 Å². The van der Waals surface area contributed by atoms with E-state index in [-0.39, 0.29) is 17.7 Å². The molecule has 4 unspecified atom stereocenters. The van der Waals surface area contributed by atoms with Gasteiger partial charge >= 0.3 is 0 Å². The lowest BCUT2D eigenvalue weighted by Crippen LogP contribution is -2.31. The van der Waals surface area contributed by atoms with Crippen LogP contribution in [0.25, 0.3) is 0 Å². The van der Waals surface area contributed by atoms with Crippen LogP contribution < -0.4 is 21.3 Å². The molecule has 0 radical (unpaired) electrons. The molecule has 7 nitrogen and oxygen atoms in total. The second-order valence-corrected chi connectivity index (χ2v) is 15.0. The van der Waals surface area contributed by atoms with E-state index in [1.54, 1.807) is 0 Å². The summed E-state index contributed by atoms with van der Waals surface area (Å²) in [6.07, 6.45) is 18.3. The van der Waals surface area contributed by atoms with Gasteiger partial charge in [-0.2, -0.15) is 11.8 Å². The van der Waals surface area contributed by atoms with Gasteiger partial charge in [0.1, 0.15) is 0 Å². The average molecular weight is 641 g/mol. The van der Waals surface area contributed by atoms with Crippen LogP contribution in [0.4, 0.5) is 0 Å². The first-order chi connectivity index (χ1) is 21.0. The molecule has 0 spiro atoms. The Morgan fingerprint density at radius 1 is 0.523 bits per heavy atom. The van der Waals surface area contributed by atoms with Crippen molar-refractivity contribution in [2.45, 2.75) is 150 Å². The van der Waals surface area contributed by atoms with E-state index in [1.165, 1.54) is 31.4 Å². The van der Waals surface area contributed by atoms with Crippen LogP contribution in [0.15, 0.2) is 0 Å². The number of unbranched alkanes of at least 4 members (excludes halogenated alkanes) is 5. The van der Waals surface area contributed by atoms with Crippen LogP contribution >= 0.6 is 11.8 Å². The zero-order valence-electron chi connectivity index (χ0n) is 29.9. The van der Waals surface area contributed by atoms with Crippen molar-refractivity contribution in [3.8, 4) is 0 Å². The van der Waals surface area contributed by atoms with Crippen molar-refractivity contribution < 1.29 is 14.4 Å². The Balaban J connectivity index is 3.69. The van der Waals surface area contributed by atoms with Gasteiger partial charge in [-0.1, -0.05) is 66.7 Å². The minimum atomic E-state index is 0.163. The molecule has 4 atom stereocenters. The van der Waals surface area contributed by atoms with E-state index < -0.39 is 0 Å². The molecule has 0 aliphatic heterocycles. The molecule has 3 amide bonds. The van der Waals surface area contributed by atoms with Gasteiger partial charge < -0.3 is 21.3 Å². The quantitative estimate of drug-likeness (QED) is 0.0610. The Hall–Kier alpha value is -1.28. The maximum atomic E-state index is 12.3. The molecule has 0 heterocycles. The van der Waals surface area contributed by atoms with Gasteiger partial charge in [-0.15, -0.1) is 0 Å². The summed E-state index contributed by atoms with van der Waals surface area (Å²) in [5.41, 5.74) is 0. The molecule has 8 heteroatoms. The highest BCUT2D eigenvalue weighted by Crippen LogP contribution is 2.18. The summed E-state index contributed by atoms with van der Waals surface area (Å²) in [5, 5.41) is 12.8. The summed E-state index contributed by atoms with van der Waals surface area (Å²) in [6.45, 7) is 16.5. The van der Waals surface area contributed by atoms with Crippen molar-refractivity contribution in [2.24, 2.45) is 23.7 Å². The standard InChI is InChI=1S/C36H72N4O3S/c1-29(2)26-38-34(41)19-13-14-24-37-33(6)23-22-32(5)28-40-35(42)17-11-8-10-16-30(3)20-21-31(4)27-39-36(43)18-12-9-15-25-44-7/h29-33,37H,8-28H2,1-7H3,(H,38,41)(H,39,43)(H,40,42). The van der Waals surface area contributed by atoms with Gasteiger partial charge in [-0.25, -0.2) is 0 Å². The van der Waals surface area contributed by atoms with Gasteiger partial charge in [0.25, 0.3) is 0 Å². The molecular formula is C36H72N4O3S. The highest BCUT2D eigenvalue weighted by Gasteiger charge is 2.11. The van der Waals surface area contributed by atoms with Crippen LogP contribution in [0, 0.1) is 23.7 Å². The number of nitrogens with one attached hydrogen (secondary N) is 4. The first-order valence-electron chi connectivity index (χ1n) is 18.1. The number of rotatable bonds is 30. The third kappa shape index (κ3) is 29.4. The van der Waals surface area contributed by atoms with Crippen LogP contribution in [0.2, 0.25) is 0 Å². The summed E-state index contributed by atoms with van der Waals surface area (Å²) >= 11 is 1.87. The fourth-order valence-electron chi connectivity index (χ4n) is 5.14. The maximum absolute atomic E-state index is 12.3. The predicted octanol–water partition coefficient (Wildman–Crippen LogP) is 7.48. The first kappa shape index (κ1) is 42.7. The average Bonchev–Trinajstić information content (AvgIpc) is 2.99. The lowest BCUT2D eigenvalue weighted by atomic mass is 9.93. The smallest absolute Gasteiger partial charge is 0.220 e. The van der Waals surface area contributed by atoms with Gasteiger partial charge in [-0.3, -0.25) is 14.4 Å². The van der Waals surface area contributed by atoms with Crippen LogP contribution in [0.3, 0.4) is 0 Å². The Morgan fingerprint density at radius 3 is 1.55 bits per heavy atom. The SMILES string of the molecule is CSCCCCCC(=O)NCC(C)CCC(C)CCCCCC(=O)NCC(C)CCC(C)NCCCCC(=O)NCC(C)C. The van der Waals surface area contributed by atoms with Gasteiger partial charge in [-0.05, 0) is 101 Å². The molecule has 0 rings (SSSR count). The second kappa shape index (κ2) is 29.1. The van der Waals surface area contributed by atoms with Crippen molar-refractivity contribution in [1.82, 2.24) is 21.3 Å².